The zero-order chi connectivity index (χ0) is 12.9. The molecule has 0 bridgehead atoms. The van der Waals surface area contributed by atoms with Crippen molar-refractivity contribution in [3.63, 3.8) is 0 Å². The van der Waals surface area contributed by atoms with Gasteiger partial charge in [-0.05, 0) is 20.3 Å². The van der Waals surface area contributed by atoms with Crippen LogP contribution in [0.3, 0.4) is 0 Å². The van der Waals surface area contributed by atoms with E-state index in [1.807, 2.05) is 0 Å². The van der Waals surface area contributed by atoms with Crippen molar-refractivity contribution in [1.82, 2.24) is 5.32 Å². The second-order valence-corrected chi connectivity index (χ2v) is 4.02. The third kappa shape index (κ3) is 5.30. The van der Waals surface area contributed by atoms with Crippen molar-refractivity contribution in [3.8, 4) is 0 Å². The molecule has 7 heteroatoms. The lowest BCUT2D eigenvalue weighted by molar-refractivity contribution is -0.143. The Hall–Kier alpha value is -1.63. The van der Waals surface area contributed by atoms with Gasteiger partial charge < -0.3 is 21.3 Å². The molecular weight excluding hydrogens is 216 g/mol. The molecule has 0 aromatic carbocycles. The van der Waals surface area contributed by atoms with E-state index in [1.54, 1.807) is 0 Å². The smallest absolute Gasteiger partial charge is 0.326 e. The maximum Gasteiger partial charge on any atom is 0.326 e. The van der Waals surface area contributed by atoms with Gasteiger partial charge in [0.25, 0.3) is 0 Å². The molecule has 92 valence electrons. The van der Waals surface area contributed by atoms with Crippen LogP contribution >= 0.6 is 0 Å². The summed E-state index contributed by atoms with van der Waals surface area (Å²) in [6, 6.07) is -1.23. The molecule has 0 radical (unpaired) electrons. The number of aliphatic carboxylic acids is 2. The number of hydrogen-bond acceptors (Lipinski definition) is 4. The molecule has 7 nitrogen and oxygen atoms in total. The molecule has 0 saturated heterocycles. The Bertz CT molecular complexity index is 295. The fourth-order valence-corrected chi connectivity index (χ4v) is 0.869. The van der Waals surface area contributed by atoms with Gasteiger partial charge in [0.05, 0.1) is 5.54 Å². The van der Waals surface area contributed by atoms with E-state index in [0.29, 0.717) is 0 Å². The summed E-state index contributed by atoms with van der Waals surface area (Å²) in [4.78, 5) is 32.4. The summed E-state index contributed by atoms with van der Waals surface area (Å²) in [7, 11) is 0. The molecule has 0 aliphatic rings. The standard InChI is InChI=1S/C9H16N2O5/c1-9(2,10)8(16)11-5(7(14)15)3-4-6(12)13/h5H,3-4,10H2,1-2H3,(H,11,16)(H,12,13)(H,14,15)/t5-/m0/s1. The summed E-state index contributed by atoms with van der Waals surface area (Å²) >= 11 is 0. The molecule has 0 aliphatic heterocycles. The SMILES string of the molecule is CC(C)(N)C(=O)N[C@@H](CCC(=O)O)C(=O)O. The van der Waals surface area contributed by atoms with Crippen molar-refractivity contribution >= 4 is 17.8 Å². The first-order valence-corrected chi connectivity index (χ1v) is 4.69. The first-order chi connectivity index (χ1) is 7.14. The minimum atomic E-state index is -1.28. The minimum absolute atomic E-state index is 0.174. The van der Waals surface area contributed by atoms with Gasteiger partial charge in [0.2, 0.25) is 5.91 Å². The highest BCUT2D eigenvalue weighted by Gasteiger charge is 2.27. The zero-order valence-electron chi connectivity index (χ0n) is 9.19. The van der Waals surface area contributed by atoms with Crippen molar-refractivity contribution in [2.45, 2.75) is 38.3 Å². The van der Waals surface area contributed by atoms with Crippen LogP contribution in [0.5, 0.6) is 0 Å². The second kappa shape index (κ2) is 5.45. The van der Waals surface area contributed by atoms with E-state index in [0.717, 1.165) is 0 Å². The van der Waals surface area contributed by atoms with Crippen LogP contribution in [0.2, 0.25) is 0 Å². The number of carboxylic acids is 2. The monoisotopic (exact) mass is 232 g/mol. The Morgan fingerprint density at radius 3 is 2.12 bits per heavy atom. The van der Waals surface area contributed by atoms with Crippen LogP contribution in [0.1, 0.15) is 26.7 Å². The van der Waals surface area contributed by atoms with E-state index < -0.39 is 29.4 Å². The molecule has 0 aliphatic carbocycles. The number of nitrogens with two attached hydrogens (primary N) is 1. The third-order valence-corrected chi connectivity index (χ3v) is 1.84. The topological polar surface area (TPSA) is 130 Å². The molecule has 5 N–H and O–H groups in total. The molecule has 1 amide bonds. The first-order valence-electron chi connectivity index (χ1n) is 4.69. The molecule has 0 unspecified atom stereocenters. The summed E-state index contributed by atoms with van der Waals surface area (Å²) in [5.74, 6) is -3.03. The predicted molar refractivity (Wildman–Crippen MR) is 54.7 cm³/mol. The van der Waals surface area contributed by atoms with Crippen molar-refractivity contribution in [2.75, 3.05) is 0 Å². The summed E-state index contributed by atoms with van der Waals surface area (Å²) in [5, 5.41) is 19.3. The summed E-state index contributed by atoms with van der Waals surface area (Å²) in [5.41, 5.74) is 4.26. The van der Waals surface area contributed by atoms with Crippen LogP contribution in [0.15, 0.2) is 0 Å². The van der Waals surface area contributed by atoms with Crippen molar-refractivity contribution in [1.29, 1.82) is 0 Å². The average molecular weight is 232 g/mol. The highest BCUT2D eigenvalue weighted by Crippen LogP contribution is 2.02. The van der Waals surface area contributed by atoms with Gasteiger partial charge in [0, 0.05) is 6.42 Å². The van der Waals surface area contributed by atoms with E-state index in [2.05, 4.69) is 5.32 Å². The van der Waals surface area contributed by atoms with Gasteiger partial charge in [-0.3, -0.25) is 9.59 Å². The van der Waals surface area contributed by atoms with Gasteiger partial charge in [0.1, 0.15) is 6.04 Å². The quantitative estimate of drug-likeness (QED) is 0.472. The second-order valence-electron chi connectivity index (χ2n) is 4.02. The number of rotatable bonds is 6. The van der Waals surface area contributed by atoms with E-state index >= 15 is 0 Å². The van der Waals surface area contributed by atoms with Crippen LogP contribution in [0.25, 0.3) is 0 Å². The van der Waals surface area contributed by atoms with E-state index in [1.165, 1.54) is 13.8 Å². The molecule has 1 atom stereocenters. The van der Waals surface area contributed by atoms with Gasteiger partial charge >= 0.3 is 11.9 Å². The fourth-order valence-electron chi connectivity index (χ4n) is 0.869. The molecule has 0 fully saturated rings. The Morgan fingerprint density at radius 2 is 1.81 bits per heavy atom. The number of amides is 1. The lowest BCUT2D eigenvalue weighted by atomic mass is 10.0. The molecule has 0 rings (SSSR count). The van der Waals surface area contributed by atoms with E-state index in [4.69, 9.17) is 15.9 Å². The normalized spacial score (nSPS) is 12.9. The molecular formula is C9H16N2O5. The summed E-state index contributed by atoms with van der Waals surface area (Å²) in [6.45, 7) is 2.86. The Labute approximate surface area is 92.6 Å². The number of hydrogen-bond donors (Lipinski definition) is 4. The number of nitrogens with one attached hydrogen (secondary N) is 1. The maximum absolute atomic E-state index is 11.4. The third-order valence-electron chi connectivity index (χ3n) is 1.84. The Morgan fingerprint density at radius 1 is 1.31 bits per heavy atom. The van der Waals surface area contributed by atoms with Gasteiger partial charge in [-0.15, -0.1) is 0 Å². The van der Waals surface area contributed by atoms with Crippen LogP contribution < -0.4 is 11.1 Å². The zero-order valence-corrected chi connectivity index (χ0v) is 9.19. The Balaban J connectivity index is 4.41. The number of carboxylic acid groups (broad SMARTS) is 2. The lowest BCUT2D eigenvalue weighted by Crippen LogP contribution is -2.54. The van der Waals surface area contributed by atoms with Crippen molar-refractivity contribution < 1.29 is 24.6 Å². The first kappa shape index (κ1) is 14.4. The maximum atomic E-state index is 11.4. The number of carbonyl (C=O) groups is 3. The molecule has 0 aromatic rings. The lowest BCUT2D eigenvalue weighted by Gasteiger charge is -2.21. The molecule has 0 saturated carbocycles. The minimum Gasteiger partial charge on any atom is -0.481 e. The van der Waals surface area contributed by atoms with Crippen LogP contribution in [0, 0.1) is 0 Å². The highest BCUT2D eigenvalue weighted by atomic mass is 16.4. The molecule has 0 spiro atoms. The largest absolute Gasteiger partial charge is 0.481 e. The van der Waals surface area contributed by atoms with Gasteiger partial charge in [-0.1, -0.05) is 0 Å². The molecule has 16 heavy (non-hydrogen) atoms. The van der Waals surface area contributed by atoms with Gasteiger partial charge in [-0.25, -0.2) is 4.79 Å². The molecule has 0 heterocycles. The van der Waals surface area contributed by atoms with E-state index in [-0.39, 0.29) is 12.8 Å². The predicted octanol–water partition coefficient (Wildman–Crippen LogP) is -0.842. The Kier molecular flexibility index (Phi) is 4.90. The fraction of sp³-hybridized carbons (Fsp3) is 0.667. The van der Waals surface area contributed by atoms with Gasteiger partial charge in [0.15, 0.2) is 0 Å². The van der Waals surface area contributed by atoms with Crippen LogP contribution in [-0.4, -0.2) is 39.6 Å². The van der Waals surface area contributed by atoms with Crippen LogP contribution in [-0.2, 0) is 14.4 Å². The highest BCUT2D eigenvalue weighted by molar-refractivity contribution is 5.89. The average Bonchev–Trinajstić information content (AvgIpc) is 2.09. The summed E-state index contributed by atoms with van der Waals surface area (Å²) in [6.07, 6.45) is -0.505. The summed E-state index contributed by atoms with van der Waals surface area (Å²) < 4.78 is 0. The van der Waals surface area contributed by atoms with Crippen LogP contribution in [0.4, 0.5) is 0 Å². The van der Waals surface area contributed by atoms with Crippen molar-refractivity contribution in [3.05, 3.63) is 0 Å². The van der Waals surface area contributed by atoms with Crippen molar-refractivity contribution in [2.24, 2.45) is 5.73 Å². The van der Waals surface area contributed by atoms with E-state index in [9.17, 15) is 14.4 Å². The number of carbonyl (C=O) groups excluding carboxylic acids is 1. The van der Waals surface area contributed by atoms with Gasteiger partial charge in [-0.2, -0.15) is 0 Å². The molecule has 0 aromatic heterocycles.